The number of hydrogen-bond acceptors (Lipinski definition) is 3. The van der Waals surface area contributed by atoms with Crippen LogP contribution in [0.15, 0.2) is 30.3 Å². The van der Waals surface area contributed by atoms with Gasteiger partial charge in [0.25, 0.3) is 0 Å². The molecule has 1 aromatic rings. The van der Waals surface area contributed by atoms with E-state index >= 15 is 0 Å². The van der Waals surface area contributed by atoms with Gasteiger partial charge in [0.15, 0.2) is 9.84 Å². The third-order valence-corrected chi connectivity index (χ3v) is 4.62. The van der Waals surface area contributed by atoms with Crippen molar-refractivity contribution in [2.45, 2.75) is 11.2 Å². The summed E-state index contributed by atoms with van der Waals surface area (Å²) in [4.78, 5) is 0. The van der Waals surface area contributed by atoms with Gasteiger partial charge in [-0.25, -0.2) is 8.42 Å². The Hall–Kier alpha value is -0.870. The van der Waals surface area contributed by atoms with Crippen LogP contribution in [-0.4, -0.2) is 31.6 Å². The van der Waals surface area contributed by atoms with E-state index in [0.29, 0.717) is 0 Å². The fourth-order valence-corrected chi connectivity index (χ4v) is 3.95. The van der Waals surface area contributed by atoms with E-state index in [-0.39, 0.29) is 18.4 Å². The van der Waals surface area contributed by atoms with E-state index in [0.717, 1.165) is 5.56 Å². The van der Waals surface area contributed by atoms with Gasteiger partial charge in [0, 0.05) is 24.7 Å². The van der Waals surface area contributed by atoms with Crippen LogP contribution in [0, 0.1) is 5.92 Å². The zero-order valence-electron chi connectivity index (χ0n) is 8.50. The van der Waals surface area contributed by atoms with E-state index in [4.69, 9.17) is 5.11 Å². The molecule has 0 aliphatic heterocycles. The summed E-state index contributed by atoms with van der Waals surface area (Å²) in [5, 5.41) is 8.71. The van der Waals surface area contributed by atoms with Crippen LogP contribution in [0.5, 0.6) is 0 Å². The van der Waals surface area contributed by atoms with Crippen molar-refractivity contribution in [1.82, 2.24) is 0 Å². The van der Waals surface area contributed by atoms with Crippen LogP contribution >= 0.6 is 0 Å². The molecule has 3 nitrogen and oxygen atoms in total. The molecule has 1 aliphatic rings. The Balaban J connectivity index is 2.27. The first-order valence-corrected chi connectivity index (χ1v) is 6.86. The highest BCUT2D eigenvalue weighted by molar-refractivity contribution is 7.91. The molecule has 1 fully saturated rings. The van der Waals surface area contributed by atoms with Gasteiger partial charge in [-0.2, -0.15) is 0 Å². The van der Waals surface area contributed by atoms with Crippen molar-refractivity contribution in [3.63, 3.8) is 0 Å². The molecule has 0 saturated heterocycles. The maximum Gasteiger partial charge on any atom is 0.151 e. The van der Waals surface area contributed by atoms with Gasteiger partial charge in [-0.05, 0) is 5.56 Å². The Morgan fingerprint density at radius 2 is 1.87 bits per heavy atom. The summed E-state index contributed by atoms with van der Waals surface area (Å²) in [6, 6.07) is 9.51. The Morgan fingerprint density at radius 1 is 1.27 bits per heavy atom. The predicted molar refractivity (Wildman–Crippen MR) is 58.4 cm³/mol. The third kappa shape index (κ3) is 1.92. The van der Waals surface area contributed by atoms with Crippen LogP contribution in [0.25, 0.3) is 0 Å². The Morgan fingerprint density at radius 3 is 2.27 bits per heavy atom. The lowest BCUT2D eigenvalue weighted by Gasteiger charge is -1.97. The van der Waals surface area contributed by atoms with Crippen molar-refractivity contribution in [3.05, 3.63) is 35.9 Å². The second-order valence-corrected chi connectivity index (χ2v) is 6.28. The van der Waals surface area contributed by atoms with Gasteiger partial charge in [-0.3, -0.25) is 0 Å². The topological polar surface area (TPSA) is 54.4 Å². The normalized spacial score (nSPS) is 30.1. The number of aliphatic hydroxyl groups excluding tert-OH is 1. The van der Waals surface area contributed by atoms with E-state index < -0.39 is 15.1 Å². The zero-order valence-corrected chi connectivity index (χ0v) is 9.31. The minimum absolute atomic E-state index is 0.0220. The average molecular weight is 226 g/mol. The maximum absolute atomic E-state index is 11.4. The second kappa shape index (κ2) is 3.61. The molecule has 2 rings (SSSR count). The molecule has 1 aliphatic carbocycles. The first kappa shape index (κ1) is 10.6. The van der Waals surface area contributed by atoms with Gasteiger partial charge in [0.1, 0.15) is 0 Å². The van der Waals surface area contributed by atoms with Crippen molar-refractivity contribution in [2.75, 3.05) is 12.9 Å². The lowest BCUT2D eigenvalue weighted by atomic mass is 10.1. The van der Waals surface area contributed by atoms with Gasteiger partial charge in [-0.15, -0.1) is 0 Å². The number of aliphatic hydroxyl groups is 1. The number of rotatable bonds is 3. The molecule has 1 saturated carbocycles. The van der Waals surface area contributed by atoms with Crippen molar-refractivity contribution in [1.29, 1.82) is 0 Å². The molecule has 0 radical (unpaired) electrons. The molecule has 4 heteroatoms. The molecule has 1 N–H and O–H groups in total. The van der Waals surface area contributed by atoms with Crippen molar-refractivity contribution in [2.24, 2.45) is 5.92 Å². The quantitative estimate of drug-likeness (QED) is 0.829. The van der Waals surface area contributed by atoms with Crippen LogP contribution < -0.4 is 0 Å². The van der Waals surface area contributed by atoms with Crippen LogP contribution in [0.4, 0.5) is 0 Å². The summed E-state index contributed by atoms with van der Waals surface area (Å²) in [7, 11) is -3.05. The standard InChI is InChI=1S/C11H14O3S/c1-15(13,14)11-9(7-12)10(11)8-5-3-2-4-6-8/h2-6,9-12H,7H2,1H3/t9-,10+,11+/m0/s1. The van der Waals surface area contributed by atoms with Crippen LogP contribution in [0.3, 0.4) is 0 Å². The van der Waals surface area contributed by atoms with Gasteiger partial charge < -0.3 is 5.11 Å². The molecule has 3 atom stereocenters. The molecule has 82 valence electrons. The van der Waals surface area contributed by atoms with Gasteiger partial charge in [-0.1, -0.05) is 30.3 Å². The average Bonchev–Trinajstić information content (AvgIpc) is 2.92. The highest BCUT2D eigenvalue weighted by Gasteiger charge is 2.56. The fourth-order valence-electron chi connectivity index (χ4n) is 2.26. The lowest BCUT2D eigenvalue weighted by Crippen LogP contribution is -2.07. The summed E-state index contributed by atoms with van der Waals surface area (Å²) in [5.41, 5.74) is 1.01. The minimum atomic E-state index is -3.05. The fraction of sp³-hybridized carbons (Fsp3) is 0.455. The summed E-state index contributed by atoms with van der Waals surface area (Å²) in [5.74, 6) is -0.145. The molecule has 0 bridgehead atoms. The third-order valence-electron chi connectivity index (χ3n) is 2.99. The molecule has 0 spiro atoms. The Bertz CT molecular complexity index is 438. The Kier molecular flexibility index (Phi) is 2.56. The molecule has 0 aromatic heterocycles. The second-order valence-electron chi connectivity index (χ2n) is 4.08. The van der Waals surface area contributed by atoms with Crippen molar-refractivity contribution < 1.29 is 13.5 Å². The molecule has 0 amide bonds. The molecule has 15 heavy (non-hydrogen) atoms. The smallest absolute Gasteiger partial charge is 0.151 e. The highest BCUT2D eigenvalue weighted by Crippen LogP contribution is 2.51. The van der Waals surface area contributed by atoms with Crippen LogP contribution in [0.1, 0.15) is 11.5 Å². The van der Waals surface area contributed by atoms with Gasteiger partial charge in [0.05, 0.1) is 5.25 Å². The lowest BCUT2D eigenvalue weighted by molar-refractivity contribution is 0.274. The van der Waals surface area contributed by atoms with E-state index in [9.17, 15) is 8.42 Å². The van der Waals surface area contributed by atoms with E-state index in [1.807, 2.05) is 30.3 Å². The summed E-state index contributed by atoms with van der Waals surface area (Å²) in [6.45, 7) is -0.0582. The first-order valence-electron chi connectivity index (χ1n) is 4.90. The molecular weight excluding hydrogens is 212 g/mol. The first-order chi connectivity index (χ1) is 7.05. The molecule has 0 unspecified atom stereocenters. The molecule has 0 heterocycles. The summed E-state index contributed by atoms with van der Waals surface area (Å²) < 4.78 is 22.9. The Labute approximate surface area is 89.7 Å². The van der Waals surface area contributed by atoms with Crippen LogP contribution in [0.2, 0.25) is 0 Å². The predicted octanol–water partition coefficient (Wildman–Crippen LogP) is 0.805. The number of benzene rings is 1. The summed E-state index contributed by atoms with van der Waals surface area (Å²) >= 11 is 0. The monoisotopic (exact) mass is 226 g/mol. The van der Waals surface area contributed by atoms with Gasteiger partial charge in [0.2, 0.25) is 0 Å². The van der Waals surface area contributed by atoms with Gasteiger partial charge >= 0.3 is 0 Å². The van der Waals surface area contributed by atoms with Crippen molar-refractivity contribution >= 4 is 9.84 Å². The summed E-state index contributed by atoms with van der Waals surface area (Å²) in [6.07, 6.45) is 1.24. The SMILES string of the molecule is CS(=O)(=O)[C@@H]1[C@@H](CO)[C@H]1c1ccccc1. The molecule has 1 aromatic carbocycles. The zero-order chi connectivity index (χ0) is 11.1. The highest BCUT2D eigenvalue weighted by atomic mass is 32.2. The van der Waals surface area contributed by atoms with E-state index in [1.54, 1.807) is 0 Å². The van der Waals surface area contributed by atoms with E-state index in [1.165, 1.54) is 6.26 Å². The van der Waals surface area contributed by atoms with Crippen LogP contribution in [-0.2, 0) is 9.84 Å². The minimum Gasteiger partial charge on any atom is -0.396 e. The largest absolute Gasteiger partial charge is 0.396 e. The number of hydrogen-bond donors (Lipinski definition) is 1. The molecular formula is C11H14O3S. The number of sulfone groups is 1. The maximum atomic E-state index is 11.4. The van der Waals surface area contributed by atoms with Crippen molar-refractivity contribution in [3.8, 4) is 0 Å². The van der Waals surface area contributed by atoms with E-state index in [2.05, 4.69) is 0 Å².